The number of aryl methyl sites for hydroxylation is 1. The fourth-order valence-electron chi connectivity index (χ4n) is 2.01. The molecule has 1 aliphatic heterocycles. The van der Waals surface area contributed by atoms with Gasteiger partial charge in [0.2, 0.25) is 5.91 Å². The summed E-state index contributed by atoms with van der Waals surface area (Å²) in [5, 5.41) is 13.1. The van der Waals surface area contributed by atoms with Crippen LogP contribution in [0.2, 0.25) is 0 Å². The molecule has 3 amide bonds. The molecule has 3 N–H and O–H groups in total. The van der Waals surface area contributed by atoms with Crippen LogP contribution in [0.1, 0.15) is 17.5 Å². The van der Waals surface area contributed by atoms with Crippen LogP contribution < -0.4 is 10.6 Å². The number of carbonyl (C=O) groups excluding carboxylic acids is 2. The lowest BCUT2D eigenvalue weighted by molar-refractivity contribution is -0.121. The maximum absolute atomic E-state index is 13.7. The highest BCUT2D eigenvalue weighted by atomic mass is 19.1. The first kappa shape index (κ1) is 14.0. The maximum atomic E-state index is 13.7. The smallest absolute Gasteiger partial charge is 0.329 e. The number of halogens is 1. The monoisotopic (exact) mass is 278 g/mol. The zero-order chi connectivity index (χ0) is 14.9. The van der Waals surface area contributed by atoms with Gasteiger partial charge in [0.05, 0.1) is 0 Å². The second-order valence-electron chi connectivity index (χ2n) is 4.50. The van der Waals surface area contributed by atoms with Gasteiger partial charge in [-0.05, 0) is 24.6 Å². The van der Waals surface area contributed by atoms with Crippen LogP contribution in [0.4, 0.5) is 14.9 Å². The molecule has 20 heavy (non-hydrogen) atoms. The van der Waals surface area contributed by atoms with Crippen LogP contribution in [0.3, 0.4) is 0 Å². The number of nitrogens with one attached hydrogen (secondary N) is 3. The van der Waals surface area contributed by atoms with Gasteiger partial charge in [0.15, 0.2) is 0 Å². The summed E-state index contributed by atoms with van der Waals surface area (Å²) < 4.78 is 13.7. The summed E-state index contributed by atoms with van der Waals surface area (Å²) in [4.78, 5) is 23.9. The molecule has 1 fully saturated rings. The number of urea groups is 1. The molecule has 1 heterocycles. The average Bonchev–Trinajstić information content (AvgIpc) is 2.40. The number of imide groups is 1. The Morgan fingerprint density at radius 2 is 2.15 bits per heavy atom. The molecule has 106 valence electrons. The van der Waals surface area contributed by atoms with E-state index < -0.39 is 11.8 Å². The molecular weight excluding hydrogens is 263 g/mol. The standard InChI is InChI=1S/C13H15FN4O2/c1-7-5-10(16-2)8(6-9(7)14)12(15)18-4-3-11(19)17-13(18)20/h5-6,15-16H,3-4H2,1-2H3,(H,17,19,20). The van der Waals surface area contributed by atoms with Crippen molar-refractivity contribution in [2.75, 3.05) is 18.9 Å². The van der Waals surface area contributed by atoms with Gasteiger partial charge in [0.1, 0.15) is 11.7 Å². The van der Waals surface area contributed by atoms with Crippen molar-refractivity contribution in [1.29, 1.82) is 5.41 Å². The van der Waals surface area contributed by atoms with Crippen LogP contribution in [-0.4, -0.2) is 36.3 Å². The van der Waals surface area contributed by atoms with E-state index in [1.54, 1.807) is 20.0 Å². The molecule has 0 radical (unpaired) electrons. The van der Waals surface area contributed by atoms with Crippen molar-refractivity contribution in [2.45, 2.75) is 13.3 Å². The van der Waals surface area contributed by atoms with Crippen molar-refractivity contribution in [1.82, 2.24) is 10.2 Å². The van der Waals surface area contributed by atoms with Gasteiger partial charge in [-0.3, -0.25) is 20.4 Å². The van der Waals surface area contributed by atoms with Crippen molar-refractivity contribution in [3.63, 3.8) is 0 Å². The third kappa shape index (κ3) is 2.47. The van der Waals surface area contributed by atoms with E-state index in [1.165, 1.54) is 6.07 Å². The quantitative estimate of drug-likeness (QED) is 0.565. The Hall–Kier alpha value is -2.44. The molecular formula is C13H15FN4O2. The highest BCUT2D eigenvalue weighted by Crippen LogP contribution is 2.22. The average molecular weight is 278 g/mol. The first-order valence-electron chi connectivity index (χ1n) is 6.12. The Morgan fingerprint density at radius 3 is 2.75 bits per heavy atom. The molecule has 2 rings (SSSR count). The van der Waals surface area contributed by atoms with Crippen molar-refractivity contribution < 1.29 is 14.0 Å². The molecule has 6 nitrogen and oxygen atoms in total. The number of benzene rings is 1. The molecule has 0 saturated carbocycles. The number of anilines is 1. The lowest BCUT2D eigenvalue weighted by atomic mass is 10.1. The third-order valence-electron chi connectivity index (χ3n) is 3.15. The Bertz CT molecular complexity index is 600. The van der Waals surface area contributed by atoms with Gasteiger partial charge < -0.3 is 5.32 Å². The highest BCUT2D eigenvalue weighted by Gasteiger charge is 2.28. The first-order valence-corrected chi connectivity index (χ1v) is 6.12. The number of nitrogens with zero attached hydrogens (tertiary/aromatic N) is 1. The van der Waals surface area contributed by atoms with E-state index in [9.17, 15) is 14.0 Å². The Balaban J connectivity index is 2.36. The van der Waals surface area contributed by atoms with E-state index in [0.29, 0.717) is 11.3 Å². The minimum atomic E-state index is -0.658. The molecule has 0 atom stereocenters. The lowest BCUT2D eigenvalue weighted by Gasteiger charge is -2.27. The maximum Gasteiger partial charge on any atom is 0.329 e. The summed E-state index contributed by atoms with van der Waals surface area (Å²) >= 11 is 0. The van der Waals surface area contributed by atoms with E-state index >= 15 is 0 Å². The van der Waals surface area contributed by atoms with Crippen LogP contribution in [0.5, 0.6) is 0 Å². The van der Waals surface area contributed by atoms with Crippen LogP contribution in [0, 0.1) is 18.2 Å². The summed E-state index contributed by atoms with van der Waals surface area (Å²) in [6, 6.07) is 2.13. The highest BCUT2D eigenvalue weighted by molar-refractivity contribution is 6.12. The predicted molar refractivity (Wildman–Crippen MR) is 72.4 cm³/mol. The zero-order valence-electron chi connectivity index (χ0n) is 11.2. The van der Waals surface area contributed by atoms with Gasteiger partial charge in [-0.15, -0.1) is 0 Å². The summed E-state index contributed by atoms with van der Waals surface area (Å²) in [5.41, 5.74) is 1.28. The SMILES string of the molecule is CNc1cc(C)c(F)cc1C(=N)N1CCC(=O)NC1=O. The van der Waals surface area contributed by atoms with Gasteiger partial charge in [-0.1, -0.05) is 0 Å². The van der Waals surface area contributed by atoms with E-state index in [1.807, 2.05) is 0 Å². The Labute approximate surface area is 115 Å². The zero-order valence-corrected chi connectivity index (χ0v) is 11.2. The van der Waals surface area contributed by atoms with E-state index in [2.05, 4.69) is 10.6 Å². The van der Waals surface area contributed by atoms with E-state index in [-0.39, 0.29) is 30.3 Å². The van der Waals surface area contributed by atoms with Crippen LogP contribution in [0.25, 0.3) is 0 Å². The molecule has 1 aromatic carbocycles. The number of carbonyl (C=O) groups is 2. The summed E-state index contributed by atoms with van der Waals surface area (Å²) in [6.45, 7) is 1.73. The van der Waals surface area contributed by atoms with Crippen molar-refractivity contribution in [3.05, 3.63) is 29.1 Å². The number of amides is 3. The minimum absolute atomic E-state index is 0.113. The number of rotatable bonds is 2. The lowest BCUT2D eigenvalue weighted by Crippen LogP contribution is -2.52. The van der Waals surface area contributed by atoms with Gasteiger partial charge in [0, 0.05) is 31.3 Å². The van der Waals surface area contributed by atoms with E-state index in [4.69, 9.17) is 5.41 Å². The fourth-order valence-corrected chi connectivity index (χ4v) is 2.01. The van der Waals surface area contributed by atoms with Crippen molar-refractivity contribution in [2.24, 2.45) is 0 Å². The number of hydrogen-bond donors (Lipinski definition) is 3. The van der Waals surface area contributed by atoms with Crippen molar-refractivity contribution >= 4 is 23.5 Å². The van der Waals surface area contributed by atoms with Gasteiger partial charge in [-0.2, -0.15) is 0 Å². The van der Waals surface area contributed by atoms with Crippen LogP contribution in [0.15, 0.2) is 12.1 Å². The van der Waals surface area contributed by atoms with Crippen LogP contribution in [-0.2, 0) is 4.79 Å². The van der Waals surface area contributed by atoms with Gasteiger partial charge >= 0.3 is 6.03 Å². The molecule has 1 aromatic rings. The molecule has 0 unspecified atom stereocenters. The molecule has 0 bridgehead atoms. The largest absolute Gasteiger partial charge is 0.388 e. The molecule has 1 aliphatic rings. The molecule has 7 heteroatoms. The number of amidine groups is 1. The van der Waals surface area contributed by atoms with Crippen LogP contribution >= 0.6 is 0 Å². The summed E-state index contributed by atoms with van der Waals surface area (Å²) in [7, 11) is 1.66. The Morgan fingerprint density at radius 1 is 1.45 bits per heavy atom. The molecule has 0 spiro atoms. The molecule has 1 saturated heterocycles. The van der Waals surface area contributed by atoms with Gasteiger partial charge in [0.25, 0.3) is 0 Å². The molecule has 0 aromatic heterocycles. The van der Waals surface area contributed by atoms with E-state index in [0.717, 1.165) is 4.90 Å². The second kappa shape index (κ2) is 5.28. The predicted octanol–water partition coefficient (Wildman–Crippen LogP) is 1.44. The topological polar surface area (TPSA) is 85.3 Å². The first-order chi connectivity index (χ1) is 9.43. The Kier molecular flexibility index (Phi) is 3.69. The minimum Gasteiger partial charge on any atom is -0.388 e. The fraction of sp³-hybridized carbons (Fsp3) is 0.308. The normalized spacial score (nSPS) is 15.1. The third-order valence-corrected chi connectivity index (χ3v) is 3.15. The van der Waals surface area contributed by atoms with Crippen molar-refractivity contribution in [3.8, 4) is 0 Å². The summed E-state index contributed by atoms with van der Waals surface area (Å²) in [6.07, 6.45) is 0.122. The second-order valence-corrected chi connectivity index (χ2v) is 4.50. The summed E-state index contributed by atoms with van der Waals surface area (Å²) in [5.74, 6) is -0.960. The molecule has 0 aliphatic carbocycles. The number of hydrogen-bond acceptors (Lipinski definition) is 4. The van der Waals surface area contributed by atoms with Gasteiger partial charge in [-0.25, -0.2) is 9.18 Å².